The van der Waals surface area contributed by atoms with E-state index in [1.54, 1.807) is 22.3 Å². The number of rotatable bonds is 3. The van der Waals surface area contributed by atoms with Crippen LogP contribution >= 0.6 is 0 Å². The molecule has 4 rings (SSSR count). The molecule has 0 nitrogen and oxygen atoms in total. The zero-order valence-electron chi connectivity index (χ0n) is 12.5. The Labute approximate surface area is 123 Å². The number of allylic oxidation sites excluding steroid dienone is 8. The minimum atomic E-state index is 0.738. The number of fused-ring (bicyclic) bond motifs is 2. The summed E-state index contributed by atoms with van der Waals surface area (Å²) in [6.45, 7) is 0. The second-order valence-corrected chi connectivity index (χ2v) is 7.06. The third kappa shape index (κ3) is 2.34. The van der Waals surface area contributed by atoms with Crippen LogP contribution in [0.15, 0.2) is 46.6 Å². The molecule has 0 aromatic heterocycles. The fourth-order valence-electron chi connectivity index (χ4n) is 4.62. The van der Waals surface area contributed by atoms with Gasteiger partial charge in [0.1, 0.15) is 0 Å². The molecule has 0 bridgehead atoms. The zero-order valence-corrected chi connectivity index (χ0v) is 12.5. The Bertz CT molecular complexity index is 490. The molecule has 0 spiro atoms. The first-order valence-electron chi connectivity index (χ1n) is 8.72. The van der Waals surface area contributed by atoms with Gasteiger partial charge >= 0.3 is 0 Å². The highest BCUT2D eigenvalue weighted by Gasteiger charge is 2.24. The van der Waals surface area contributed by atoms with Crippen molar-refractivity contribution >= 4 is 0 Å². The van der Waals surface area contributed by atoms with Crippen LogP contribution in [0.5, 0.6) is 0 Å². The molecule has 1 unspecified atom stereocenters. The van der Waals surface area contributed by atoms with Gasteiger partial charge in [0.15, 0.2) is 0 Å². The molecule has 4 aliphatic carbocycles. The van der Waals surface area contributed by atoms with E-state index < -0.39 is 0 Å². The predicted molar refractivity (Wildman–Crippen MR) is 85.5 cm³/mol. The molecule has 0 N–H and O–H groups in total. The third-order valence-corrected chi connectivity index (χ3v) is 5.73. The molecule has 4 aliphatic rings. The van der Waals surface area contributed by atoms with Crippen molar-refractivity contribution in [2.45, 2.75) is 64.2 Å². The highest BCUT2D eigenvalue weighted by atomic mass is 14.3. The summed E-state index contributed by atoms with van der Waals surface area (Å²) >= 11 is 0. The van der Waals surface area contributed by atoms with Gasteiger partial charge in [0.2, 0.25) is 0 Å². The Morgan fingerprint density at radius 1 is 0.900 bits per heavy atom. The van der Waals surface area contributed by atoms with Crippen molar-refractivity contribution in [3.63, 3.8) is 0 Å². The lowest BCUT2D eigenvalue weighted by Crippen LogP contribution is -2.06. The highest BCUT2D eigenvalue weighted by molar-refractivity contribution is 5.41. The lowest BCUT2D eigenvalue weighted by molar-refractivity contribution is 0.520. The van der Waals surface area contributed by atoms with Crippen molar-refractivity contribution in [1.29, 1.82) is 0 Å². The fraction of sp³-hybridized carbons (Fsp3) is 0.600. The Morgan fingerprint density at radius 3 is 2.45 bits per heavy atom. The van der Waals surface area contributed by atoms with E-state index in [0.717, 1.165) is 11.8 Å². The summed E-state index contributed by atoms with van der Waals surface area (Å²) in [5.74, 6) is 1.56. The van der Waals surface area contributed by atoms with Crippen LogP contribution in [0.4, 0.5) is 0 Å². The monoisotopic (exact) mass is 266 g/mol. The van der Waals surface area contributed by atoms with E-state index in [4.69, 9.17) is 0 Å². The van der Waals surface area contributed by atoms with E-state index in [-0.39, 0.29) is 0 Å². The minimum Gasteiger partial charge on any atom is -0.0771 e. The van der Waals surface area contributed by atoms with Crippen molar-refractivity contribution in [2.75, 3.05) is 0 Å². The Kier molecular flexibility index (Phi) is 3.42. The smallest absolute Gasteiger partial charge is 0.00142 e. The minimum absolute atomic E-state index is 0.738. The molecule has 0 aromatic carbocycles. The molecular weight excluding hydrogens is 240 g/mol. The van der Waals surface area contributed by atoms with Gasteiger partial charge in [-0.05, 0) is 86.3 Å². The molecule has 0 aliphatic heterocycles. The molecule has 0 aromatic rings. The van der Waals surface area contributed by atoms with Crippen LogP contribution in [0.3, 0.4) is 0 Å². The second kappa shape index (κ2) is 5.39. The molecule has 0 amide bonds. The van der Waals surface area contributed by atoms with Gasteiger partial charge in [0.25, 0.3) is 0 Å². The molecule has 0 saturated heterocycles. The van der Waals surface area contributed by atoms with Crippen molar-refractivity contribution in [2.24, 2.45) is 11.8 Å². The molecular formula is C20H26. The molecule has 0 heterocycles. The van der Waals surface area contributed by atoms with Crippen LogP contribution in [-0.4, -0.2) is 0 Å². The molecule has 106 valence electrons. The summed E-state index contributed by atoms with van der Waals surface area (Å²) in [5.41, 5.74) is 6.88. The average Bonchev–Trinajstić information content (AvgIpc) is 3.08. The Balaban J connectivity index is 1.41. The maximum atomic E-state index is 2.58. The van der Waals surface area contributed by atoms with Crippen molar-refractivity contribution in [3.05, 3.63) is 46.6 Å². The molecule has 0 radical (unpaired) electrons. The van der Waals surface area contributed by atoms with Crippen LogP contribution in [0.1, 0.15) is 64.2 Å². The van der Waals surface area contributed by atoms with Gasteiger partial charge in [-0.25, -0.2) is 0 Å². The van der Waals surface area contributed by atoms with Gasteiger partial charge in [-0.15, -0.1) is 0 Å². The number of hydrogen-bond donors (Lipinski definition) is 0. The summed E-state index contributed by atoms with van der Waals surface area (Å²) in [6, 6.07) is 0. The summed E-state index contributed by atoms with van der Waals surface area (Å²) < 4.78 is 0. The number of hydrogen-bond acceptors (Lipinski definition) is 0. The Hall–Kier alpha value is -1.04. The summed E-state index contributed by atoms with van der Waals surface area (Å²) in [4.78, 5) is 0. The van der Waals surface area contributed by atoms with Crippen LogP contribution in [0.2, 0.25) is 0 Å². The molecule has 2 fully saturated rings. The summed E-state index contributed by atoms with van der Waals surface area (Å²) in [5, 5.41) is 0. The first-order chi connectivity index (χ1) is 9.90. The summed E-state index contributed by atoms with van der Waals surface area (Å²) in [6.07, 6.45) is 23.9. The van der Waals surface area contributed by atoms with E-state index in [0.29, 0.717) is 0 Å². The third-order valence-electron chi connectivity index (χ3n) is 5.73. The van der Waals surface area contributed by atoms with Gasteiger partial charge in [-0.3, -0.25) is 0 Å². The normalized spacial score (nSPS) is 29.3. The highest BCUT2D eigenvalue weighted by Crippen LogP contribution is 2.41. The maximum Gasteiger partial charge on any atom is -0.00142 e. The van der Waals surface area contributed by atoms with Crippen LogP contribution in [0.25, 0.3) is 0 Å². The van der Waals surface area contributed by atoms with Crippen molar-refractivity contribution in [1.82, 2.24) is 0 Å². The lowest BCUT2D eigenvalue weighted by atomic mass is 9.84. The van der Waals surface area contributed by atoms with Crippen molar-refractivity contribution < 1.29 is 0 Å². The van der Waals surface area contributed by atoms with E-state index in [9.17, 15) is 0 Å². The van der Waals surface area contributed by atoms with E-state index in [1.165, 1.54) is 64.2 Å². The van der Waals surface area contributed by atoms with Crippen LogP contribution in [0, 0.1) is 11.8 Å². The summed E-state index contributed by atoms with van der Waals surface area (Å²) in [7, 11) is 0. The Morgan fingerprint density at radius 2 is 1.65 bits per heavy atom. The predicted octanol–water partition coefficient (Wildman–Crippen LogP) is 5.88. The average molecular weight is 266 g/mol. The van der Waals surface area contributed by atoms with Crippen LogP contribution < -0.4 is 0 Å². The quantitative estimate of drug-likeness (QED) is 0.598. The fourth-order valence-corrected chi connectivity index (χ4v) is 4.62. The van der Waals surface area contributed by atoms with E-state index in [1.807, 2.05) is 0 Å². The first kappa shape index (κ1) is 12.7. The topological polar surface area (TPSA) is 0 Å². The van der Waals surface area contributed by atoms with E-state index in [2.05, 4.69) is 24.3 Å². The van der Waals surface area contributed by atoms with Gasteiger partial charge in [-0.1, -0.05) is 36.3 Å². The van der Waals surface area contributed by atoms with Gasteiger partial charge in [0, 0.05) is 0 Å². The van der Waals surface area contributed by atoms with Gasteiger partial charge in [0.05, 0.1) is 0 Å². The van der Waals surface area contributed by atoms with E-state index >= 15 is 0 Å². The second-order valence-electron chi connectivity index (χ2n) is 7.06. The van der Waals surface area contributed by atoms with Gasteiger partial charge in [-0.2, -0.15) is 0 Å². The largest absolute Gasteiger partial charge is 0.0771 e. The van der Waals surface area contributed by atoms with Crippen LogP contribution in [-0.2, 0) is 0 Å². The molecule has 2 saturated carbocycles. The molecule has 20 heavy (non-hydrogen) atoms. The standard InChI is InChI=1S/C20H26/c1-2-7-19-14-15(13-18(19)6-1)9-10-17-12-11-16-5-3-4-8-20(16)17/h11-16H,1-10H2. The molecule has 1 atom stereocenters. The lowest BCUT2D eigenvalue weighted by Gasteiger charge is -2.21. The SMILES string of the molecule is C1=CC2CCCCC2=C1CCC1C=C2CCCCC2=C1. The van der Waals surface area contributed by atoms with Crippen molar-refractivity contribution in [3.8, 4) is 0 Å². The molecule has 0 heteroatoms. The maximum absolute atomic E-state index is 2.58. The zero-order chi connectivity index (χ0) is 13.4. The first-order valence-corrected chi connectivity index (χ1v) is 8.72. The van der Waals surface area contributed by atoms with Gasteiger partial charge < -0.3 is 0 Å².